The van der Waals surface area contributed by atoms with Crippen molar-refractivity contribution in [1.82, 2.24) is 15.5 Å². The molecule has 1 aliphatic carbocycles. The molecule has 2 aromatic rings. The Morgan fingerprint density at radius 1 is 1.14 bits per heavy atom. The van der Waals surface area contributed by atoms with E-state index in [4.69, 9.17) is 0 Å². The van der Waals surface area contributed by atoms with Gasteiger partial charge in [0, 0.05) is 12.6 Å². The Hall–Kier alpha value is -2.43. The first-order chi connectivity index (χ1) is 10.2. The summed E-state index contributed by atoms with van der Waals surface area (Å²) in [6.07, 6.45) is 2.36. The van der Waals surface area contributed by atoms with Gasteiger partial charge in [-0.15, -0.1) is 10.2 Å². The lowest BCUT2D eigenvalue weighted by Crippen LogP contribution is -2.24. The molecule has 2 N–H and O–H groups in total. The smallest absolute Gasteiger partial charge is 0.272 e. The molecule has 0 unspecified atom stereocenters. The van der Waals surface area contributed by atoms with Gasteiger partial charge in [0.05, 0.1) is 0 Å². The van der Waals surface area contributed by atoms with E-state index in [-0.39, 0.29) is 5.91 Å². The Labute approximate surface area is 123 Å². The first kappa shape index (κ1) is 13.5. The summed E-state index contributed by atoms with van der Waals surface area (Å²) in [4.78, 5) is 12.0. The van der Waals surface area contributed by atoms with Gasteiger partial charge in [0.1, 0.15) is 5.82 Å². The molecule has 1 aliphatic rings. The quantitative estimate of drug-likeness (QED) is 0.883. The van der Waals surface area contributed by atoms with Crippen LogP contribution in [0.1, 0.15) is 34.5 Å². The average Bonchev–Trinajstić information content (AvgIpc) is 3.31. The standard InChI is InChI=1S/C16H18N4O/c1-11-2-4-12(5-3-11)10-17-16(21)14-8-9-15(20-19-14)18-13-6-7-13/h2-5,8-9,13H,6-7,10H2,1H3,(H,17,21)(H,18,20). The summed E-state index contributed by atoms with van der Waals surface area (Å²) in [7, 11) is 0. The number of aryl methyl sites for hydroxylation is 1. The molecule has 1 aromatic heterocycles. The van der Waals surface area contributed by atoms with Gasteiger partial charge in [-0.25, -0.2) is 0 Å². The highest BCUT2D eigenvalue weighted by Crippen LogP contribution is 2.23. The molecule has 0 bridgehead atoms. The number of carbonyl (C=O) groups is 1. The molecule has 0 saturated heterocycles. The van der Waals surface area contributed by atoms with E-state index in [1.165, 1.54) is 18.4 Å². The van der Waals surface area contributed by atoms with E-state index < -0.39 is 0 Å². The molecular weight excluding hydrogens is 264 g/mol. The topological polar surface area (TPSA) is 66.9 Å². The number of nitrogens with zero attached hydrogens (tertiary/aromatic N) is 2. The predicted octanol–water partition coefficient (Wildman–Crippen LogP) is 2.29. The molecule has 5 nitrogen and oxygen atoms in total. The summed E-state index contributed by atoms with van der Waals surface area (Å²) in [6.45, 7) is 2.53. The Bertz CT molecular complexity index is 618. The zero-order valence-electron chi connectivity index (χ0n) is 12.0. The number of nitrogens with one attached hydrogen (secondary N) is 2. The van der Waals surface area contributed by atoms with Gasteiger partial charge in [0.25, 0.3) is 5.91 Å². The second-order valence-corrected chi connectivity index (χ2v) is 5.39. The fraction of sp³-hybridized carbons (Fsp3) is 0.312. The summed E-state index contributed by atoms with van der Waals surface area (Å²) in [5.41, 5.74) is 2.60. The molecule has 1 aromatic carbocycles. The van der Waals surface area contributed by atoms with E-state index in [2.05, 4.69) is 20.8 Å². The van der Waals surface area contributed by atoms with E-state index in [0.29, 0.717) is 18.3 Å². The third kappa shape index (κ3) is 3.78. The van der Waals surface area contributed by atoms with Crippen molar-refractivity contribution in [3.8, 4) is 0 Å². The second-order valence-electron chi connectivity index (χ2n) is 5.39. The molecule has 1 saturated carbocycles. The first-order valence-corrected chi connectivity index (χ1v) is 7.15. The van der Waals surface area contributed by atoms with Crippen molar-refractivity contribution in [2.24, 2.45) is 0 Å². The maximum atomic E-state index is 12.0. The second kappa shape index (κ2) is 5.91. The molecule has 1 heterocycles. The Balaban J connectivity index is 1.55. The third-order valence-corrected chi connectivity index (χ3v) is 3.40. The van der Waals surface area contributed by atoms with Crippen LogP contribution in [-0.2, 0) is 6.54 Å². The molecule has 5 heteroatoms. The monoisotopic (exact) mass is 282 g/mol. The highest BCUT2D eigenvalue weighted by atomic mass is 16.1. The minimum Gasteiger partial charge on any atom is -0.366 e. The van der Waals surface area contributed by atoms with Crippen LogP contribution in [0.2, 0.25) is 0 Å². The lowest BCUT2D eigenvalue weighted by Gasteiger charge is -2.06. The maximum absolute atomic E-state index is 12.0. The van der Waals surface area contributed by atoms with Crippen molar-refractivity contribution in [2.75, 3.05) is 5.32 Å². The van der Waals surface area contributed by atoms with Crippen molar-refractivity contribution in [3.63, 3.8) is 0 Å². The zero-order valence-corrected chi connectivity index (χ0v) is 12.0. The Morgan fingerprint density at radius 2 is 1.90 bits per heavy atom. The number of amides is 1. The van der Waals surface area contributed by atoms with Crippen LogP contribution in [0, 0.1) is 6.92 Å². The average molecular weight is 282 g/mol. The SMILES string of the molecule is Cc1ccc(CNC(=O)c2ccc(NC3CC3)nn2)cc1. The number of hydrogen-bond acceptors (Lipinski definition) is 4. The number of anilines is 1. The van der Waals surface area contributed by atoms with Gasteiger partial charge in [0.15, 0.2) is 5.69 Å². The van der Waals surface area contributed by atoms with Crippen LogP contribution in [0.15, 0.2) is 36.4 Å². The molecule has 21 heavy (non-hydrogen) atoms. The van der Waals surface area contributed by atoms with Gasteiger partial charge in [-0.1, -0.05) is 29.8 Å². The molecule has 0 radical (unpaired) electrons. The molecular formula is C16H18N4O. The Morgan fingerprint density at radius 3 is 2.52 bits per heavy atom. The van der Waals surface area contributed by atoms with Crippen LogP contribution in [0.25, 0.3) is 0 Å². The third-order valence-electron chi connectivity index (χ3n) is 3.40. The zero-order chi connectivity index (χ0) is 14.7. The van der Waals surface area contributed by atoms with Crippen LogP contribution >= 0.6 is 0 Å². The summed E-state index contributed by atoms with van der Waals surface area (Å²) >= 11 is 0. The van der Waals surface area contributed by atoms with E-state index >= 15 is 0 Å². The van der Waals surface area contributed by atoms with Crippen molar-refractivity contribution in [1.29, 1.82) is 0 Å². The van der Waals surface area contributed by atoms with E-state index in [9.17, 15) is 4.79 Å². The van der Waals surface area contributed by atoms with Gasteiger partial charge in [-0.3, -0.25) is 4.79 Å². The highest BCUT2D eigenvalue weighted by molar-refractivity contribution is 5.92. The van der Waals surface area contributed by atoms with Gasteiger partial charge in [-0.05, 0) is 37.5 Å². The van der Waals surface area contributed by atoms with E-state index in [1.54, 1.807) is 12.1 Å². The summed E-state index contributed by atoms with van der Waals surface area (Å²) in [6, 6.07) is 12.1. The number of hydrogen-bond donors (Lipinski definition) is 2. The fourth-order valence-electron chi connectivity index (χ4n) is 1.95. The normalized spacial score (nSPS) is 13.8. The van der Waals surface area contributed by atoms with Crippen LogP contribution in [0.4, 0.5) is 5.82 Å². The molecule has 3 rings (SSSR count). The van der Waals surface area contributed by atoms with Gasteiger partial charge >= 0.3 is 0 Å². The highest BCUT2D eigenvalue weighted by Gasteiger charge is 2.21. The largest absolute Gasteiger partial charge is 0.366 e. The number of benzene rings is 1. The van der Waals surface area contributed by atoms with Crippen molar-refractivity contribution < 1.29 is 4.79 Å². The van der Waals surface area contributed by atoms with Crippen LogP contribution in [-0.4, -0.2) is 22.1 Å². The number of carbonyl (C=O) groups excluding carboxylic acids is 1. The minimum atomic E-state index is -0.207. The predicted molar refractivity (Wildman–Crippen MR) is 81.0 cm³/mol. The first-order valence-electron chi connectivity index (χ1n) is 7.15. The van der Waals surface area contributed by atoms with Crippen molar-refractivity contribution in [3.05, 3.63) is 53.2 Å². The van der Waals surface area contributed by atoms with Gasteiger partial charge in [-0.2, -0.15) is 0 Å². The van der Waals surface area contributed by atoms with Crippen molar-refractivity contribution >= 4 is 11.7 Å². The fourth-order valence-corrected chi connectivity index (χ4v) is 1.95. The summed E-state index contributed by atoms with van der Waals surface area (Å²) in [5, 5.41) is 14.1. The molecule has 0 atom stereocenters. The summed E-state index contributed by atoms with van der Waals surface area (Å²) in [5.74, 6) is 0.522. The van der Waals surface area contributed by atoms with E-state index in [1.807, 2.05) is 31.2 Å². The molecule has 0 spiro atoms. The molecule has 0 aliphatic heterocycles. The molecule has 1 fully saturated rings. The maximum Gasteiger partial charge on any atom is 0.272 e. The van der Waals surface area contributed by atoms with Crippen LogP contribution < -0.4 is 10.6 Å². The number of rotatable bonds is 5. The number of aromatic nitrogens is 2. The van der Waals surface area contributed by atoms with Crippen LogP contribution in [0.3, 0.4) is 0 Å². The lowest BCUT2D eigenvalue weighted by atomic mass is 10.1. The van der Waals surface area contributed by atoms with E-state index in [0.717, 1.165) is 11.4 Å². The van der Waals surface area contributed by atoms with Crippen molar-refractivity contribution in [2.45, 2.75) is 32.4 Å². The lowest BCUT2D eigenvalue weighted by molar-refractivity contribution is 0.0945. The molecule has 1 amide bonds. The summed E-state index contributed by atoms with van der Waals surface area (Å²) < 4.78 is 0. The molecule has 108 valence electrons. The van der Waals surface area contributed by atoms with Crippen LogP contribution in [0.5, 0.6) is 0 Å². The van der Waals surface area contributed by atoms with Gasteiger partial charge in [0.2, 0.25) is 0 Å². The minimum absolute atomic E-state index is 0.207. The Kier molecular flexibility index (Phi) is 3.81. The van der Waals surface area contributed by atoms with Gasteiger partial charge < -0.3 is 10.6 Å².